The Morgan fingerprint density at radius 1 is 1.02 bits per heavy atom. The second kappa shape index (κ2) is 11.0. The third-order valence-electron chi connectivity index (χ3n) is 8.78. The average molecular weight is 665 g/mol. The Morgan fingerprint density at radius 3 is 2.37 bits per heavy atom. The number of anilines is 1. The minimum atomic E-state index is -0.695. The van der Waals surface area contributed by atoms with Gasteiger partial charge in [-0.2, -0.15) is 0 Å². The molecule has 0 radical (unpaired) electrons. The first-order valence-corrected chi connectivity index (χ1v) is 14.9. The number of halogens is 2. The lowest BCUT2D eigenvalue weighted by atomic mass is 9.61. The molecule has 43 heavy (non-hydrogen) atoms. The monoisotopic (exact) mass is 663 g/mol. The number of amides is 2. The number of rotatable bonds is 5. The van der Waals surface area contributed by atoms with E-state index in [1.54, 1.807) is 36.4 Å². The molecule has 1 heterocycles. The molecule has 1 aliphatic heterocycles. The van der Waals surface area contributed by atoms with Gasteiger partial charge in [0.2, 0.25) is 17.6 Å². The first kappa shape index (κ1) is 29.1. The van der Waals surface area contributed by atoms with E-state index in [2.05, 4.69) is 15.9 Å². The van der Waals surface area contributed by atoms with Crippen molar-refractivity contribution in [3.05, 3.63) is 85.9 Å². The lowest BCUT2D eigenvalue weighted by Gasteiger charge is -2.41. The van der Waals surface area contributed by atoms with E-state index >= 15 is 0 Å². The number of ether oxygens (including phenoxy) is 2. The topological polar surface area (TPSA) is 110 Å². The maximum absolute atomic E-state index is 14.0. The van der Waals surface area contributed by atoms with Crippen LogP contribution >= 0.6 is 27.5 Å². The Balaban J connectivity index is 1.43. The van der Waals surface area contributed by atoms with E-state index < -0.39 is 23.7 Å². The molecule has 10 heteroatoms. The van der Waals surface area contributed by atoms with Gasteiger partial charge in [-0.25, -0.2) is 4.90 Å². The van der Waals surface area contributed by atoms with Gasteiger partial charge in [0.1, 0.15) is 0 Å². The molecule has 0 bridgehead atoms. The van der Waals surface area contributed by atoms with Gasteiger partial charge in [-0.15, -0.1) is 0 Å². The average Bonchev–Trinajstić information content (AvgIpc) is 3.25. The van der Waals surface area contributed by atoms with E-state index in [0.717, 1.165) is 11.1 Å². The lowest BCUT2D eigenvalue weighted by Crippen LogP contribution is -2.40. The zero-order valence-corrected chi connectivity index (χ0v) is 25.9. The van der Waals surface area contributed by atoms with Crippen LogP contribution in [0.25, 0.3) is 6.08 Å². The molecule has 0 aromatic heterocycles. The van der Waals surface area contributed by atoms with Crippen molar-refractivity contribution in [3.8, 4) is 17.2 Å². The van der Waals surface area contributed by atoms with E-state index in [4.69, 9.17) is 21.1 Å². The van der Waals surface area contributed by atoms with Gasteiger partial charge >= 0.3 is 0 Å². The minimum Gasteiger partial charge on any atom is -0.502 e. The molecule has 0 saturated carbocycles. The molecule has 4 atom stereocenters. The third kappa shape index (κ3) is 4.66. The quantitative estimate of drug-likeness (QED) is 0.241. The fourth-order valence-corrected chi connectivity index (χ4v) is 7.30. The molecule has 2 aromatic carbocycles. The number of phenols is 1. The maximum Gasteiger partial charge on any atom is 0.238 e. The molecule has 4 unspecified atom stereocenters. The summed E-state index contributed by atoms with van der Waals surface area (Å²) >= 11 is 9.58. The lowest BCUT2D eigenvalue weighted by molar-refractivity contribution is -0.123. The first-order valence-electron chi connectivity index (χ1n) is 13.7. The molecule has 0 spiro atoms. The second-order valence-electron chi connectivity index (χ2n) is 11.0. The van der Waals surface area contributed by atoms with E-state index in [0.29, 0.717) is 33.8 Å². The van der Waals surface area contributed by atoms with Crippen molar-refractivity contribution in [1.82, 2.24) is 0 Å². The number of aromatic hydroxyl groups is 1. The summed E-state index contributed by atoms with van der Waals surface area (Å²) in [5.74, 6) is -3.31. The number of ketones is 2. The number of hydrogen-bond donors (Lipinski definition) is 1. The molecule has 220 valence electrons. The second-order valence-corrected chi connectivity index (χ2v) is 12.3. The summed E-state index contributed by atoms with van der Waals surface area (Å²) in [7, 11) is 2.86. The Bertz CT molecular complexity index is 1730. The number of methoxy groups -OCH3 is 2. The van der Waals surface area contributed by atoms with Crippen molar-refractivity contribution >= 4 is 62.7 Å². The number of aryl methyl sites for hydroxylation is 1. The number of fused-ring (bicyclic) bond motifs is 3. The van der Waals surface area contributed by atoms with Crippen molar-refractivity contribution in [2.75, 3.05) is 19.1 Å². The van der Waals surface area contributed by atoms with Gasteiger partial charge in [-0.1, -0.05) is 41.5 Å². The van der Waals surface area contributed by atoms with Crippen LogP contribution in [-0.4, -0.2) is 42.7 Å². The zero-order valence-electron chi connectivity index (χ0n) is 23.5. The van der Waals surface area contributed by atoms with Gasteiger partial charge in [-0.05, 0) is 77.0 Å². The van der Waals surface area contributed by atoms with Crippen LogP contribution in [0.4, 0.5) is 5.69 Å². The highest BCUT2D eigenvalue weighted by atomic mass is 79.9. The summed E-state index contributed by atoms with van der Waals surface area (Å²) < 4.78 is 10.7. The smallest absolute Gasteiger partial charge is 0.238 e. The highest BCUT2D eigenvalue weighted by Crippen LogP contribution is 2.53. The Labute approximate surface area is 261 Å². The van der Waals surface area contributed by atoms with E-state index in [-0.39, 0.29) is 51.5 Å². The van der Waals surface area contributed by atoms with Crippen LogP contribution in [0.2, 0.25) is 5.02 Å². The van der Waals surface area contributed by atoms with Crippen LogP contribution in [0.1, 0.15) is 24.0 Å². The Kier molecular flexibility index (Phi) is 7.42. The molecule has 2 aromatic rings. The number of imide groups is 1. The molecule has 6 rings (SSSR count). The largest absolute Gasteiger partial charge is 0.502 e. The van der Waals surface area contributed by atoms with E-state index in [1.807, 2.05) is 19.1 Å². The Morgan fingerprint density at radius 2 is 1.72 bits per heavy atom. The predicted molar refractivity (Wildman–Crippen MR) is 164 cm³/mol. The summed E-state index contributed by atoms with van der Waals surface area (Å²) in [4.78, 5) is 55.6. The number of nitrogens with zero attached hydrogens (tertiary/aromatic N) is 1. The number of carbonyl (C=O) groups is 4. The number of carbonyl (C=O) groups excluding carboxylic acids is 4. The number of Topliss-reactive ketones (excluding diaryl/α,β-unsaturated/α-hetero) is 1. The van der Waals surface area contributed by atoms with Crippen LogP contribution in [0.5, 0.6) is 17.2 Å². The minimum absolute atomic E-state index is 0.141. The van der Waals surface area contributed by atoms with Crippen LogP contribution in [0.3, 0.4) is 0 Å². The molecular formula is C33H27BrClNO7. The number of hydrogen-bond acceptors (Lipinski definition) is 7. The molecule has 4 aliphatic rings. The van der Waals surface area contributed by atoms with Crippen molar-refractivity contribution in [1.29, 1.82) is 0 Å². The molecule has 3 aliphatic carbocycles. The fraction of sp³-hybridized carbons (Fsp3) is 0.273. The van der Waals surface area contributed by atoms with Gasteiger partial charge in [0.15, 0.2) is 23.1 Å². The van der Waals surface area contributed by atoms with Gasteiger partial charge in [0.05, 0.1) is 36.2 Å². The predicted octanol–water partition coefficient (Wildman–Crippen LogP) is 5.88. The van der Waals surface area contributed by atoms with Crippen LogP contribution in [0.15, 0.2) is 69.8 Å². The molecular weight excluding hydrogens is 638 g/mol. The summed E-state index contributed by atoms with van der Waals surface area (Å²) in [6.45, 7) is 1.84. The normalized spacial score (nSPS) is 25.0. The SMILES string of the molecule is COc1cc(C=CC2C3=CCC4C(=O)N(c5ccc(C)c(Cl)c5)C(=O)C4C3CC3=C2C(=O)C=C(Br)C3=O)cc(OC)c1O. The standard InChI is InChI=1S/C33H27BrClNO7/c1-15-4-6-17(12-24(15)35)36-32(40)20-9-8-18-19(7-5-16-10-26(42-2)31(39)27(11-16)43-3)28-22(13-21(18)29(20)33(36)41)30(38)23(34)14-25(28)37/h4-8,10-12,14,19-21,29,39H,9,13H2,1-3H3. The van der Waals surface area contributed by atoms with Crippen molar-refractivity contribution in [2.24, 2.45) is 23.7 Å². The van der Waals surface area contributed by atoms with Crippen molar-refractivity contribution in [3.63, 3.8) is 0 Å². The first-order chi connectivity index (χ1) is 20.5. The van der Waals surface area contributed by atoms with E-state index in [9.17, 15) is 24.3 Å². The fourth-order valence-electron chi connectivity index (χ4n) is 6.68. The van der Waals surface area contributed by atoms with Crippen LogP contribution < -0.4 is 14.4 Å². The summed E-state index contributed by atoms with van der Waals surface area (Å²) in [6, 6.07) is 8.36. The van der Waals surface area contributed by atoms with E-state index in [1.165, 1.54) is 25.2 Å². The number of benzene rings is 2. The van der Waals surface area contributed by atoms with Gasteiger partial charge in [0, 0.05) is 28.2 Å². The maximum atomic E-state index is 14.0. The van der Waals surface area contributed by atoms with Crippen molar-refractivity contribution in [2.45, 2.75) is 19.8 Å². The number of allylic oxidation sites excluding steroid dienone is 7. The number of phenolic OH excluding ortho intramolecular Hbond substituents is 1. The highest BCUT2D eigenvalue weighted by Gasteiger charge is 2.56. The van der Waals surface area contributed by atoms with Gasteiger partial charge in [0.25, 0.3) is 0 Å². The Hall–Kier alpha value is -3.95. The summed E-state index contributed by atoms with van der Waals surface area (Å²) in [5.41, 5.74) is 3.41. The molecule has 1 fully saturated rings. The van der Waals surface area contributed by atoms with Crippen LogP contribution in [0, 0.1) is 30.6 Å². The third-order valence-corrected chi connectivity index (χ3v) is 9.77. The van der Waals surface area contributed by atoms with Gasteiger partial charge in [-0.3, -0.25) is 19.2 Å². The van der Waals surface area contributed by atoms with Gasteiger partial charge < -0.3 is 14.6 Å². The highest BCUT2D eigenvalue weighted by molar-refractivity contribution is 9.12. The summed E-state index contributed by atoms with van der Waals surface area (Å²) in [5, 5.41) is 10.8. The van der Waals surface area contributed by atoms with Crippen molar-refractivity contribution < 1.29 is 33.8 Å². The molecule has 8 nitrogen and oxygen atoms in total. The zero-order chi connectivity index (χ0) is 30.7. The van der Waals surface area contributed by atoms with Crippen LogP contribution in [-0.2, 0) is 19.2 Å². The molecule has 1 saturated heterocycles. The molecule has 1 N–H and O–H groups in total. The molecule has 2 amide bonds. The summed E-state index contributed by atoms with van der Waals surface area (Å²) in [6.07, 6.45) is 7.31.